The molecule has 120 valence electrons. The normalized spacial score (nSPS) is 11.1. The van der Waals surface area contributed by atoms with Gasteiger partial charge in [-0.1, -0.05) is 25.1 Å². The first-order valence-electron chi connectivity index (χ1n) is 7.43. The Labute approximate surface area is 135 Å². The van der Waals surface area contributed by atoms with E-state index in [4.69, 9.17) is 4.74 Å². The molecule has 0 saturated carbocycles. The lowest BCUT2D eigenvalue weighted by Crippen LogP contribution is -2.26. The lowest BCUT2D eigenvalue weighted by molar-refractivity contribution is -0.123. The third-order valence-electron chi connectivity index (χ3n) is 3.30. The van der Waals surface area contributed by atoms with E-state index in [1.54, 1.807) is 24.3 Å². The Morgan fingerprint density at radius 2 is 1.87 bits per heavy atom. The molecule has 0 fully saturated rings. The Balaban J connectivity index is 1.93. The monoisotopic (exact) mass is 312 g/mol. The number of phenols is 1. The van der Waals surface area contributed by atoms with Gasteiger partial charge in [0.25, 0.3) is 5.91 Å². The second kappa shape index (κ2) is 7.98. The molecule has 2 rings (SSSR count). The number of benzene rings is 2. The molecule has 5 heteroatoms. The van der Waals surface area contributed by atoms with Gasteiger partial charge in [0.2, 0.25) is 0 Å². The van der Waals surface area contributed by atoms with Crippen LogP contribution in [0.5, 0.6) is 11.5 Å². The number of phenolic OH excluding ortho intramolecular Hbond substituents is 1. The maximum Gasteiger partial charge on any atom is 0.277 e. The summed E-state index contributed by atoms with van der Waals surface area (Å²) in [5.74, 6) is 0.554. The minimum absolute atomic E-state index is 0.0963. The summed E-state index contributed by atoms with van der Waals surface area (Å²) >= 11 is 0. The van der Waals surface area contributed by atoms with Crippen LogP contribution in [0.1, 0.15) is 24.5 Å². The Morgan fingerprint density at radius 3 is 2.52 bits per heavy atom. The molecular formula is C18H20N2O3. The van der Waals surface area contributed by atoms with Gasteiger partial charge in [-0.3, -0.25) is 4.79 Å². The van der Waals surface area contributed by atoms with Crippen molar-refractivity contribution >= 4 is 11.6 Å². The molecule has 2 aromatic carbocycles. The molecule has 0 heterocycles. The van der Waals surface area contributed by atoms with Crippen LogP contribution >= 0.6 is 0 Å². The van der Waals surface area contributed by atoms with Crippen LogP contribution in [0.3, 0.4) is 0 Å². The maximum atomic E-state index is 11.9. The largest absolute Gasteiger partial charge is 0.508 e. The number of nitrogens with zero attached hydrogens (tertiary/aromatic N) is 1. The van der Waals surface area contributed by atoms with Crippen molar-refractivity contribution in [2.45, 2.75) is 20.3 Å². The van der Waals surface area contributed by atoms with Crippen molar-refractivity contribution in [3.63, 3.8) is 0 Å². The van der Waals surface area contributed by atoms with E-state index in [9.17, 15) is 9.90 Å². The molecule has 0 aliphatic heterocycles. The van der Waals surface area contributed by atoms with E-state index in [-0.39, 0.29) is 18.3 Å². The maximum absolute atomic E-state index is 11.9. The van der Waals surface area contributed by atoms with Gasteiger partial charge >= 0.3 is 0 Å². The molecule has 0 atom stereocenters. The molecule has 0 radical (unpaired) electrons. The molecular weight excluding hydrogens is 292 g/mol. The first-order chi connectivity index (χ1) is 11.1. The third-order valence-corrected chi connectivity index (χ3v) is 3.30. The van der Waals surface area contributed by atoms with Crippen molar-refractivity contribution in [1.29, 1.82) is 0 Å². The van der Waals surface area contributed by atoms with Gasteiger partial charge < -0.3 is 9.84 Å². The number of hydrazone groups is 1. The third kappa shape index (κ3) is 4.85. The van der Waals surface area contributed by atoms with Crippen LogP contribution in [-0.2, 0) is 4.79 Å². The number of ether oxygens (including phenoxy) is 1. The molecule has 0 aliphatic rings. The predicted molar refractivity (Wildman–Crippen MR) is 89.8 cm³/mol. The van der Waals surface area contributed by atoms with E-state index in [1.165, 1.54) is 0 Å². The van der Waals surface area contributed by atoms with Crippen molar-refractivity contribution in [3.8, 4) is 11.5 Å². The van der Waals surface area contributed by atoms with Crippen molar-refractivity contribution in [3.05, 3.63) is 59.7 Å². The molecule has 0 bridgehead atoms. The van der Waals surface area contributed by atoms with Crippen LogP contribution in [-0.4, -0.2) is 23.3 Å². The molecule has 5 nitrogen and oxygen atoms in total. The van der Waals surface area contributed by atoms with E-state index in [1.807, 2.05) is 38.1 Å². The smallest absolute Gasteiger partial charge is 0.277 e. The van der Waals surface area contributed by atoms with Crippen LogP contribution in [0.15, 0.2) is 53.6 Å². The number of para-hydroxylation sites is 1. The number of aromatic hydroxyl groups is 1. The van der Waals surface area contributed by atoms with Gasteiger partial charge in [0.1, 0.15) is 11.5 Å². The van der Waals surface area contributed by atoms with E-state index in [2.05, 4.69) is 10.5 Å². The highest BCUT2D eigenvalue weighted by molar-refractivity contribution is 6.01. The summed E-state index contributed by atoms with van der Waals surface area (Å²) in [6.45, 7) is 3.77. The fraction of sp³-hybridized carbons (Fsp3) is 0.222. The molecule has 0 aromatic heterocycles. The summed E-state index contributed by atoms with van der Waals surface area (Å²) in [4.78, 5) is 11.9. The highest BCUT2D eigenvalue weighted by Crippen LogP contribution is 2.15. The number of rotatable bonds is 6. The summed E-state index contributed by atoms with van der Waals surface area (Å²) in [5, 5.41) is 13.4. The first-order valence-corrected chi connectivity index (χ1v) is 7.43. The molecule has 0 spiro atoms. The average Bonchev–Trinajstić information content (AvgIpc) is 2.56. The lowest BCUT2D eigenvalue weighted by atomic mass is 10.1. The Hall–Kier alpha value is -2.82. The molecule has 0 saturated heterocycles. The standard InChI is InChI=1S/C18H20N2O3/c1-3-16(14-8-10-15(21)11-9-14)19-20-18(22)12-23-17-7-5-4-6-13(17)2/h4-11,21H,3,12H2,1-2H3,(H,20,22)/b19-16-. The van der Waals surface area contributed by atoms with Crippen molar-refractivity contribution in [2.75, 3.05) is 6.61 Å². The van der Waals surface area contributed by atoms with Crippen molar-refractivity contribution in [1.82, 2.24) is 5.43 Å². The van der Waals surface area contributed by atoms with Crippen LogP contribution in [0, 0.1) is 6.92 Å². The Kier molecular flexibility index (Phi) is 5.74. The summed E-state index contributed by atoms with van der Waals surface area (Å²) < 4.78 is 5.47. The second-order valence-corrected chi connectivity index (χ2v) is 5.05. The molecule has 2 N–H and O–H groups in total. The minimum Gasteiger partial charge on any atom is -0.508 e. The number of amides is 1. The van der Waals surface area contributed by atoms with Crippen LogP contribution in [0.4, 0.5) is 0 Å². The molecule has 0 aliphatic carbocycles. The number of carbonyl (C=O) groups is 1. The number of aryl methyl sites for hydroxylation is 1. The number of hydrogen-bond acceptors (Lipinski definition) is 4. The SMILES string of the molecule is CC/C(=N/NC(=O)COc1ccccc1C)c1ccc(O)cc1. The number of hydrogen-bond donors (Lipinski definition) is 2. The first kappa shape index (κ1) is 16.5. The lowest BCUT2D eigenvalue weighted by Gasteiger charge is -2.08. The van der Waals surface area contributed by atoms with Crippen LogP contribution < -0.4 is 10.2 Å². The molecule has 23 heavy (non-hydrogen) atoms. The van der Waals surface area contributed by atoms with E-state index >= 15 is 0 Å². The Bertz CT molecular complexity index is 694. The topological polar surface area (TPSA) is 70.9 Å². The van der Waals surface area contributed by atoms with Gasteiger partial charge in [-0.2, -0.15) is 5.10 Å². The molecule has 2 aromatic rings. The van der Waals surface area contributed by atoms with Gasteiger partial charge in [-0.05, 0) is 54.8 Å². The number of nitrogens with one attached hydrogen (secondary N) is 1. The quantitative estimate of drug-likeness (QED) is 0.636. The second-order valence-electron chi connectivity index (χ2n) is 5.05. The zero-order valence-corrected chi connectivity index (χ0v) is 13.2. The van der Waals surface area contributed by atoms with Gasteiger partial charge in [0, 0.05) is 0 Å². The molecule has 0 unspecified atom stereocenters. The van der Waals surface area contributed by atoms with Gasteiger partial charge in [0.05, 0.1) is 5.71 Å². The van der Waals surface area contributed by atoms with Crippen molar-refractivity contribution < 1.29 is 14.6 Å². The fourth-order valence-corrected chi connectivity index (χ4v) is 2.03. The van der Waals surface area contributed by atoms with E-state index in [0.717, 1.165) is 16.8 Å². The number of carbonyl (C=O) groups excluding carboxylic acids is 1. The molecule has 1 amide bonds. The van der Waals surface area contributed by atoms with Crippen LogP contribution in [0.25, 0.3) is 0 Å². The highest BCUT2D eigenvalue weighted by atomic mass is 16.5. The summed E-state index contributed by atoms with van der Waals surface area (Å²) in [6, 6.07) is 14.2. The van der Waals surface area contributed by atoms with Crippen molar-refractivity contribution in [2.24, 2.45) is 5.10 Å². The minimum atomic E-state index is -0.321. The average molecular weight is 312 g/mol. The van der Waals surface area contributed by atoms with Gasteiger partial charge in [-0.15, -0.1) is 0 Å². The highest BCUT2D eigenvalue weighted by Gasteiger charge is 2.06. The van der Waals surface area contributed by atoms with E-state index < -0.39 is 0 Å². The summed E-state index contributed by atoms with van der Waals surface area (Å²) in [6.07, 6.45) is 0.656. The van der Waals surface area contributed by atoms with E-state index in [0.29, 0.717) is 12.2 Å². The van der Waals surface area contributed by atoms with Gasteiger partial charge in [-0.25, -0.2) is 5.43 Å². The van der Waals surface area contributed by atoms with Gasteiger partial charge in [0.15, 0.2) is 6.61 Å². The van der Waals surface area contributed by atoms with Crippen LogP contribution in [0.2, 0.25) is 0 Å². The zero-order chi connectivity index (χ0) is 16.7. The summed E-state index contributed by atoms with van der Waals surface area (Å²) in [7, 11) is 0. The fourth-order valence-electron chi connectivity index (χ4n) is 2.03. The Morgan fingerprint density at radius 1 is 1.17 bits per heavy atom. The zero-order valence-electron chi connectivity index (χ0n) is 13.2. The summed E-state index contributed by atoms with van der Waals surface area (Å²) in [5.41, 5.74) is 5.06. The predicted octanol–water partition coefficient (Wildman–Crippen LogP) is 3.01.